The van der Waals surface area contributed by atoms with Crippen molar-refractivity contribution in [2.75, 3.05) is 13.1 Å². The fourth-order valence-electron chi connectivity index (χ4n) is 3.25. The summed E-state index contributed by atoms with van der Waals surface area (Å²) in [6.07, 6.45) is -4.42. The fourth-order valence-corrected chi connectivity index (χ4v) is 3.25. The lowest BCUT2D eigenvalue weighted by Crippen LogP contribution is -2.50. The SMILES string of the molecule is O=C(N[C@@H]1CCNC[C@@H]1F)c1ccc2cc(Oc3ccc(C(F)(F)F)cn3)ccc2n1. The Morgan fingerprint density at radius 3 is 2.71 bits per heavy atom. The molecule has 1 aliphatic heterocycles. The molecule has 1 aliphatic rings. The van der Waals surface area contributed by atoms with Gasteiger partial charge in [-0.15, -0.1) is 0 Å². The molecule has 6 nitrogen and oxygen atoms in total. The smallest absolute Gasteiger partial charge is 0.417 e. The van der Waals surface area contributed by atoms with Gasteiger partial charge in [-0.25, -0.2) is 14.4 Å². The van der Waals surface area contributed by atoms with E-state index < -0.39 is 29.9 Å². The molecular weight excluding hydrogens is 416 g/mol. The first kappa shape index (κ1) is 21.0. The number of pyridine rings is 2. The molecule has 3 heterocycles. The van der Waals surface area contributed by atoms with Crippen LogP contribution in [0.15, 0.2) is 48.7 Å². The molecule has 2 aromatic heterocycles. The van der Waals surface area contributed by atoms with Crippen LogP contribution in [0.3, 0.4) is 0 Å². The number of nitrogens with one attached hydrogen (secondary N) is 2. The van der Waals surface area contributed by atoms with Gasteiger partial charge in [0.2, 0.25) is 5.88 Å². The summed E-state index contributed by atoms with van der Waals surface area (Å²) in [5, 5.41) is 6.26. The van der Waals surface area contributed by atoms with E-state index in [9.17, 15) is 22.4 Å². The van der Waals surface area contributed by atoms with E-state index in [2.05, 4.69) is 20.6 Å². The highest BCUT2D eigenvalue weighted by Gasteiger charge is 2.30. The van der Waals surface area contributed by atoms with E-state index in [1.54, 1.807) is 24.3 Å². The second-order valence-corrected chi connectivity index (χ2v) is 7.12. The Balaban J connectivity index is 1.47. The van der Waals surface area contributed by atoms with E-state index in [4.69, 9.17) is 4.74 Å². The van der Waals surface area contributed by atoms with Crippen molar-refractivity contribution in [3.05, 3.63) is 59.9 Å². The molecule has 10 heteroatoms. The zero-order valence-corrected chi connectivity index (χ0v) is 16.1. The van der Waals surface area contributed by atoms with Gasteiger partial charge in [-0.2, -0.15) is 13.2 Å². The fraction of sp³-hybridized carbons (Fsp3) is 0.286. The minimum absolute atomic E-state index is 0.0130. The number of halogens is 4. The number of aromatic nitrogens is 2. The Hall–Kier alpha value is -3.27. The van der Waals surface area contributed by atoms with Crippen LogP contribution < -0.4 is 15.4 Å². The van der Waals surface area contributed by atoms with E-state index in [-0.39, 0.29) is 18.1 Å². The third-order valence-corrected chi connectivity index (χ3v) is 4.90. The Morgan fingerprint density at radius 2 is 2.00 bits per heavy atom. The first-order valence-electron chi connectivity index (χ1n) is 9.57. The topological polar surface area (TPSA) is 76.1 Å². The summed E-state index contributed by atoms with van der Waals surface area (Å²) in [5.41, 5.74) is -0.185. The molecule has 0 saturated carbocycles. The number of carbonyl (C=O) groups is 1. The molecular formula is C21H18F4N4O2. The van der Waals surface area contributed by atoms with E-state index >= 15 is 0 Å². The highest BCUT2D eigenvalue weighted by molar-refractivity contribution is 5.95. The minimum Gasteiger partial charge on any atom is -0.439 e. The maximum absolute atomic E-state index is 13.9. The van der Waals surface area contributed by atoms with Crippen LogP contribution >= 0.6 is 0 Å². The van der Waals surface area contributed by atoms with Crippen LogP contribution in [-0.2, 0) is 6.18 Å². The van der Waals surface area contributed by atoms with Crippen LogP contribution in [0, 0.1) is 0 Å². The molecule has 162 valence electrons. The Kier molecular flexibility index (Phi) is 5.73. The van der Waals surface area contributed by atoms with E-state index in [0.717, 1.165) is 12.1 Å². The Labute approximate surface area is 174 Å². The largest absolute Gasteiger partial charge is 0.439 e. The maximum atomic E-state index is 13.9. The minimum atomic E-state index is -4.47. The number of hydrogen-bond acceptors (Lipinski definition) is 5. The van der Waals surface area contributed by atoms with Crippen LogP contribution in [0.2, 0.25) is 0 Å². The van der Waals surface area contributed by atoms with Gasteiger partial charge in [0.1, 0.15) is 17.6 Å². The summed E-state index contributed by atoms with van der Waals surface area (Å²) in [7, 11) is 0. The van der Waals surface area contributed by atoms with Crippen molar-refractivity contribution >= 4 is 16.8 Å². The number of amides is 1. The normalized spacial score (nSPS) is 19.2. The van der Waals surface area contributed by atoms with Gasteiger partial charge in [0.25, 0.3) is 5.91 Å². The number of fused-ring (bicyclic) bond motifs is 1. The molecule has 0 radical (unpaired) electrons. The number of carbonyl (C=O) groups excluding carboxylic acids is 1. The molecule has 2 N–H and O–H groups in total. The number of nitrogens with zero attached hydrogens (tertiary/aromatic N) is 2. The summed E-state index contributed by atoms with van der Waals surface area (Å²) in [5.74, 6) is -0.0847. The monoisotopic (exact) mass is 434 g/mol. The lowest BCUT2D eigenvalue weighted by molar-refractivity contribution is -0.137. The molecule has 0 unspecified atom stereocenters. The molecule has 31 heavy (non-hydrogen) atoms. The highest BCUT2D eigenvalue weighted by atomic mass is 19.4. The van der Waals surface area contributed by atoms with Gasteiger partial charge >= 0.3 is 6.18 Å². The van der Waals surface area contributed by atoms with E-state index in [0.29, 0.717) is 35.8 Å². The van der Waals surface area contributed by atoms with Crippen molar-refractivity contribution in [2.45, 2.75) is 24.8 Å². The third kappa shape index (κ3) is 4.91. The number of rotatable bonds is 4. The zero-order chi connectivity index (χ0) is 22.0. The van der Waals surface area contributed by atoms with Crippen molar-refractivity contribution < 1.29 is 27.1 Å². The zero-order valence-electron chi connectivity index (χ0n) is 16.1. The van der Waals surface area contributed by atoms with Gasteiger partial charge in [-0.3, -0.25) is 4.79 Å². The Bertz CT molecular complexity index is 1090. The average Bonchev–Trinajstić information content (AvgIpc) is 2.74. The van der Waals surface area contributed by atoms with Crippen molar-refractivity contribution in [3.63, 3.8) is 0 Å². The number of hydrogen-bond donors (Lipinski definition) is 2. The summed E-state index contributed by atoms with van der Waals surface area (Å²) in [4.78, 5) is 20.4. The van der Waals surface area contributed by atoms with Crippen LogP contribution in [0.1, 0.15) is 22.5 Å². The van der Waals surface area contributed by atoms with Crippen molar-refractivity contribution in [1.82, 2.24) is 20.6 Å². The summed E-state index contributed by atoms with van der Waals surface area (Å²) < 4.78 is 57.3. The quantitative estimate of drug-likeness (QED) is 0.610. The van der Waals surface area contributed by atoms with Crippen molar-refractivity contribution in [1.29, 1.82) is 0 Å². The Morgan fingerprint density at radius 1 is 1.16 bits per heavy atom. The van der Waals surface area contributed by atoms with Gasteiger partial charge < -0.3 is 15.4 Å². The lowest BCUT2D eigenvalue weighted by Gasteiger charge is -2.27. The highest BCUT2D eigenvalue weighted by Crippen LogP contribution is 2.30. The molecule has 4 rings (SSSR count). The van der Waals surface area contributed by atoms with Crippen LogP contribution in [0.4, 0.5) is 17.6 Å². The first-order valence-corrected chi connectivity index (χ1v) is 9.57. The molecule has 0 spiro atoms. The number of piperidine rings is 1. The number of benzene rings is 1. The van der Waals surface area contributed by atoms with Gasteiger partial charge in [-0.05, 0) is 43.3 Å². The van der Waals surface area contributed by atoms with Crippen LogP contribution in [0.25, 0.3) is 10.9 Å². The number of alkyl halides is 4. The lowest BCUT2D eigenvalue weighted by atomic mass is 10.0. The van der Waals surface area contributed by atoms with E-state index in [1.807, 2.05) is 0 Å². The van der Waals surface area contributed by atoms with Gasteiger partial charge in [0, 0.05) is 24.2 Å². The van der Waals surface area contributed by atoms with E-state index in [1.165, 1.54) is 6.07 Å². The van der Waals surface area contributed by atoms with Crippen LogP contribution in [0.5, 0.6) is 11.6 Å². The second-order valence-electron chi connectivity index (χ2n) is 7.12. The second kappa shape index (κ2) is 8.46. The molecule has 2 atom stereocenters. The van der Waals surface area contributed by atoms with Crippen LogP contribution in [-0.4, -0.2) is 41.2 Å². The molecule has 1 fully saturated rings. The molecule has 1 saturated heterocycles. The van der Waals surface area contributed by atoms with Gasteiger partial charge in [0.05, 0.1) is 17.1 Å². The molecule has 1 aromatic carbocycles. The average molecular weight is 434 g/mol. The predicted molar refractivity (Wildman–Crippen MR) is 105 cm³/mol. The molecule has 0 bridgehead atoms. The molecule has 0 aliphatic carbocycles. The molecule has 1 amide bonds. The van der Waals surface area contributed by atoms with Gasteiger partial charge in [0.15, 0.2) is 0 Å². The van der Waals surface area contributed by atoms with Crippen molar-refractivity contribution in [3.8, 4) is 11.6 Å². The summed E-state index contributed by atoms with van der Waals surface area (Å²) in [6.45, 7) is 0.833. The summed E-state index contributed by atoms with van der Waals surface area (Å²) in [6, 6.07) is 9.48. The van der Waals surface area contributed by atoms with Crippen molar-refractivity contribution in [2.24, 2.45) is 0 Å². The predicted octanol–water partition coefficient (Wildman–Crippen LogP) is 3.87. The molecule has 3 aromatic rings. The standard InChI is InChI=1S/C21H18F4N4O2/c22-15-11-26-8-7-17(15)29-20(30)18-4-1-12-9-14(3-5-16(12)28-18)31-19-6-2-13(10-27-19)21(23,24)25/h1-6,9-10,15,17,26H,7-8,11H2,(H,29,30)/t15-,17+/m0/s1. The first-order chi connectivity index (χ1) is 14.8. The summed E-state index contributed by atoms with van der Waals surface area (Å²) >= 11 is 0. The number of ether oxygens (including phenoxy) is 1. The third-order valence-electron chi connectivity index (χ3n) is 4.90. The maximum Gasteiger partial charge on any atom is 0.417 e. The van der Waals surface area contributed by atoms with Gasteiger partial charge in [-0.1, -0.05) is 6.07 Å².